The molecule has 1 fully saturated rings. The van der Waals surface area contributed by atoms with Crippen molar-refractivity contribution < 1.29 is 8.42 Å². The summed E-state index contributed by atoms with van der Waals surface area (Å²) in [5.74, 6) is 0.549. The van der Waals surface area contributed by atoms with E-state index in [1.807, 2.05) is 26.0 Å². The minimum atomic E-state index is -3.39. The molecule has 1 aromatic carbocycles. The third-order valence-electron chi connectivity index (χ3n) is 3.75. The standard InChI is InChI=1S/C16H26N2O2S/c1-4-11-17-15-7-9-16(10-8-15)21(19,20)18(13(2)3)12-14-5-6-14/h7-10,13-14,17H,4-6,11-12H2,1-3H3. The van der Waals surface area contributed by atoms with Gasteiger partial charge >= 0.3 is 0 Å². The zero-order chi connectivity index (χ0) is 15.5. The van der Waals surface area contributed by atoms with E-state index in [-0.39, 0.29) is 6.04 Å². The highest BCUT2D eigenvalue weighted by Crippen LogP contribution is 2.32. The highest BCUT2D eigenvalue weighted by atomic mass is 32.2. The van der Waals surface area contributed by atoms with Crippen LogP contribution in [0, 0.1) is 5.92 Å². The van der Waals surface area contributed by atoms with E-state index < -0.39 is 10.0 Å². The number of nitrogens with one attached hydrogen (secondary N) is 1. The molecule has 1 N–H and O–H groups in total. The minimum absolute atomic E-state index is 0.00603. The van der Waals surface area contributed by atoms with Crippen molar-refractivity contribution in [3.05, 3.63) is 24.3 Å². The summed E-state index contributed by atoms with van der Waals surface area (Å²) in [5.41, 5.74) is 0.967. The van der Waals surface area contributed by atoms with E-state index >= 15 is 0 Å². The molecular formula is C16H26N2O2S. The first-order valence-corrected chi connectivity index (χ1v) is 9.25. The zero-order valence-electron chi connectivity index (χ0n) is 13.2. The van der Waals surface area contributed by atoms with Crippen molar-refractivity contribution in [1.29, 1.82) is 0 Å². The van der Waals surface area contributed by atoms with Crippen molar-refractivity contribution in [2.45, 2.75) is 51.0 Å². The molecule has 0 unspecified atom stereocenters. The van der Waals surface area contributed by atoms with Crippen LogP contribution in [0.2, 0.25) is 0 Å². The van der Waals surface area contributed by atoms with Gasteiger partial charge < -0.3 is 5.32 Å². The normalized spacial score (nSPS) is 15.7. The Morgan fingerprint density at radius 2 is 1.86 bits per heavy atom. The average molecular weight is 310 g/mol. The lowest BCUT2D eigenvalue weighted by molar-refractivity contribution is 0.342. The maximum absolute atomic E-state index is 12.8. The van der Waals surface area contributed by atoms with Crippen LogP contribution in [0.3, 0.4) is 0 Å². The van der Waals surface area contributed by atoms with Gasteiger partial charge in [-0.1, -0.05) is 6.92 Å². The summed E-state index contributed by atoms with van der Waals surface area (Å²) in [4.78, 5) is 0.388. The van der Waals surface area contributed by atoms with Crippen molar-refractivity contribution in [3.8, 4) is 0 Å². The molecule has 0 atom stereocenters. The van der Waals surface area contributed by atoms with E-state index in [1.54, 1.807) is 16.4 Å². The molecule has 2 rings (SSSR count). The van der Waals surface area contributed by atoms with Gasteiger partial charge in [-0.3, -0.25) is 0 Å². The molecule has 21 heavy (non-hydrogen) atoms. The van der Waals surface area contributed by atoms with Crippen LogP contribution in [0.15, 0.2) is 29.2 Å². The second-order valence-corrected chi connectivity index (χ2v) is 7.95. The number of hydrogen-bond acceptors (Lipinski definition) is 3. The predicted molar refractivity (Wildman–Crippen MR) is 87.0 cm³/mol. The predicted octanol–water partition coefficient (Wildman–Crippen LogP) is 3.32. The Labute approximate surface area is 128 Å². The monoisotopic (exact) mass is 310 g/mol. The second kappa shape index (κ2) is 6.79. The highest BCUT2D eigenvalue weighted by molar-refractivity contribution is 7.89. The molecule has 0 amide bonds. The first-order valence-electron chi connectivity index (χ1n) is 7.81. The summed E-state index contributed by atoms with van der Waals surface area (Å²) in [6.07, 6.45) is 3.35. The number of hydrogen-bond donors (Lipinski definition) is 1. The summed E-state index contributed by atoms with van der Waals surface area (Å²) in [6, 6.07) is 7.09. The van der Waals surface area contributed by atoms with Crippen LogP contribution in [0.1, 0.15) is 40.0 Å². The fourth-order valence-corrected chi connectivity index (χ4v) is 4.00. The van der Waals surface area contributed by atoms with Gasteiger partial charge in [-0.25, -0.2) is 8.42 Å². The van der Waals surface area contributed by atoms with E-state index in [0.717, 1.165) is 31.5 Å². The summed E-state index contributed by atoms with van der Waals surface area (Å²) in [7, 11) is -3.39. The van der Waals surface area contributed by atoms with E-state index in [9.17, 15) is 8.42 Å². The van der Waals surface area contributed by atoms with E-state index in [2.05, 4.69) is 12.2 Å². The van der Waals surface area contributed by atoms with Gasteiger partial charge in [0.25, 0.3) is 0 Å². The molecule has 0 heterocycles. The van der Waals surface area contributed by atoms with Crippen LogP contribution in [-0.2, 0) is 10.0 Å². The molecule has 0 radical (unpaired) electrons. The number of benzene rings is 1. The number of nitrogens with zero attached hydrogens (tertiary/aromatic N) is 1. The van der Waals surface area contributed by atoms with E-state index in [4.69, 9.17) is 0 Å². The van der Waals surface area contributed by atoms with Gasteiger partial charge in [-0.15, -0.1) is 0 Å². The van der Waals surface area contributed by atoms with Crippen LogP contribution in [0.25, 0.3) is 0 Å². The van der Waals surface area contributed by atoms with Crippen LogP contribution in [0.4, 0.5) is 5.69 Å². The minimum Gasteiger partial charge on any atom is -0.385 e. The van der Waals surface area contributed by atoms with Gasteiger partial charge in [0.05, 0.1) is 4.90 Å². The van der Waals surface area contributed by atoms with Gasteiger partial charge in [0, 0.05) is 24.8 Å². The van der Waals surface area contributed by atoms with E-state index in [1.165, 1.54) is 0 Å². The van der Waals surface area contributed by atoms with Crippen molar-refractivity contribution in [1.82, 2.24) is 4.31 Å². The highest BCUT2D eigenvalue weighted by Gasteiger charge is 2.33. The maximum atomic E-state index is 12.8. The van der Waals surface area contributed by atoms with Gasteiger partial charge in [-0.2, -0.15) is 4.31 Å². The van der Waals surface area contributed by atoms with Crippen molar-refractivity contribution in [2.24, 2.45) is 5.92 Å². The number of sulfonamides is 1. The fraction of sp³-hybridized carbons (Fsp3) is 0.625. The second-order valence-electron chi connectivity index (χ2n) is 6.06. The molecule has 0 bridgehead atoms. The van der Waals surface area contributed by atoms with Crippen LogP contribution < -0.4 is 5.32 Å². The SMILES string of the molecule is CCCNc1ccc(S(=O)(=O)N(CC2CC2)C(C)C)cc1. The summed E-state index contributed by atoms with van der Waals surface area (Å²) >= 11 is 0. The summed E-state index contributed by atoms with van der Waals surface area (Å²) < 4.78 is 27.2. The van der Waals surface area contributed by atoms with Gasteiger partial charge in [0.1, 0.15) is 0 Å². The third-order valence-corrected chi connectivity index (χ3v) is 5.81. The van der Waals surface area contributed by atoms with Gasteiger partial charge in [0.15, 0.2) is 0 Å². The molecule has 1 aliphatic carbocycles. The van der Waals surface area contributed by atoms with Crippen molar-refractivity contribution in [2.75, 3.05) is 18.4 Å². The van der Waals surface area contributed by atoms with Gasteiger partial charge in [0.2, 0.25) is 10.0 Å². The molecular weight excluding hydrogens is 284 g/mol. The Hall–Kier alpha value is -1.07. The van der Waals surface area contributed by atoms with Crippen molar-refractivity contribution >= 4 is 15.7 Å². The van der Waals surface area contributed by atoms with Crippen LogP contribution in [0.5, 0.6) is 0 Å². The van der Waals surface area contributed by atoms with Crippen LogP contribution >= 0.6 is 0 Å². The maximum Gasteiger partial charge on any atom is 0.243 e. The molecule has 0 aliphatic heterocycles. The Morgan fingerprint density at radius 3 is 2.33 bits per heavy atom. The topological polar surface area (TPSA) is 49.4 Å². The van der Waals surface area contributed by atoms with Gasteiger partial charge in [-0.05, 0) is 63.3 Å². The Balaban J connectivity index is 2.16. The molecule has 0 spiro atoms. The Bertz CT molecular complexity index is 548. The number of anilines is 1. The molecule has 118 valence electrons. The molecule has 4 nitrogen and oxygen atoms in total. The summed E-state index contributed by atoms with van der Waals surface area (Å²) in [5, 5.41) is 3.26. The molecule has 0 saturated heterocycles. The molecule has 1 aliphatic rings. The number of rotatable bonds is 8. The summed E-state index contributed by atoms with van der Waals surface area (Å²) in [6.45, 7) is 7.53. The molecule has 1 aromatic rings. The quantitative estimate of drug-likeness (QED) is 0.801. The lowest BCUT2D eigenvalue weighted by Crippen LogP contribution is -2.38. The first-order chi connectivity index (χ1) is 9.95. The molecule has 5 heteroatoms. The zero-order valence-corrected chi connectivity index (χ0v) is 14.0. The smallest absolute Gasteiger partial charge is 0.243 e. The van der Waals surface area contributed by atoms with Crippen LogP contribution in [-0.4, -0.2) is 31.9 Å². The fourth-order valence-electron chi connectivity index (χ4n) is 2.29. The average Bonchev–Trinajstić information content (AvgIpc) is 3.26. The largest absolute Gasteiger partial charge is 0.385 e. The Kier molecular flexibility index (Phi) is 5.27. The lowest BCUT2D eigenvalue weighted by atomic mass is 10.3. The molecule has 1 saturated carbocycles. The molecule has 0 aromatic heterocycles. The lowest BCUT2D eigenvalue weighted by Gasteiger charge is -2.26. The van der Waals surface area contributed by atoms with Crippen molar-refractivity contribution in [3.63, 3.8) is 0 Å². The van der Waals surface area contributed by atoms with E-state index in [0.29, 0.717) is 17.4 Å². The Morgan fingerprint density at radius 1 is 1.24 bits per heavy atom. The first kappa shape index (κ1) is 16.3. The third kappa shape index (κ3) is 4.20.